The van der Waals surface area contributed by atoms with Crippen LogP contribution >= 0.6 is 11.8 Å². The second kappa shape index (κ2) is 12.4. The van der Waals surface area contributed by atoms with Gasteiger partial charge in [-0.2, -0.15) is 5.10 Å². The fourth-order valence-corrected chi connectivity index (χ4v) is 4.63. The Morgan fingerprint density at radius 1 is 0.919 bits per heavy atom. The number of nitrogens with one attached hydrogen (secondary N) is 1. The predicted molar refractivity (Wildman–Crippen MR) is 153 cm³/mol. The molecule has 1 aromatic heterocycles. The third-order valence-electron chi connectivity index (χ3n) is 5.99. The molecule has 0 fully saturated rings. The molecule has 0 aliphatic rings. The second-order valence-electron chi connectivity index (χ2n) is 8.69. The SMILES string of the molecule is CCN(CC)c1ccc(C=NNC(=O)CSc2nnc(-c3ccc(C)cc3)n2-c2ccc(C)cc2)cc1. The van der Waals surface area contributed by atoms with Crippen LogP contribution in [-0.4, -0.2) is 45.7 Å². The monoisotopic (exact) mass is 512 g/mol. The number of anilines is 1. The average Bonchev–Trinajstić information content (AvgIpc) is 3.34. The number of hydrazone groups is 1. The Labute approximate surface area is 222 Å². The summed E-state index contributed by atoms with van der Waals surface area (Å²) in [6.45, 7) is 10.3. The number of nitrogens with zero attached hydrogens (tertiary/aromatic N) is 5. The van der Waals surface area contributed by atoms with Gasteiger partial charge in [-0.15, -0.1) is 10.2 Å². The van der Waals surface area contributed by atoms with E-state index in [4.69, 9.17) is 0 Å². The molecule has 0 radical (unpaired) electrons. The third kappa shape index (κ3) is 6.65. The molecule has 1 N–H and O–H groups in total. The Hall–Kier alpha value is -3.91. The van der Waals surface area contributed by atoms with Gasteiger partial charge in [0.15, 0.2) is 11.0 Å². The van der Waals surface area contributed by atoms with Crippen molar-refractivity contribution < 1.29 is 4.79 Å². The van der Waals surface area contributed by atoms with Crippen LogP contribution in [-0.2, 0) is 4.79 Å². The lowest BCUT2D eigenvalue weighted by Gasteiger charge is -2.20. The second-order valence-corrected chi connectivity index (χ2v) is 9.63. The van der Waals surface area contributed by atoms with Crippen LogP contribution in [0.1, 0.15) is 30.5 Å². The van der Waals surface area contributed by atoms with Crippen molar-refractivity contribution in [1.29, 1.82) is 0 Å². The van der Waals surface area contributed by atoms with E-state index in [-0.39, 0.29) is 11.7 Å². The average molecular weight is 513 g/mol. The number of carbonyl (C=O) groups is 1. The van der Waals surface area contributed by atoms with Crippen molar-refractivity contribution in [3.8, 4) is 17.1 Å². The minimum absolute atomic E-state index is 0.163. The number of carbonyl (C=O) groups excluding carboxylic acids is 1. The molecule has 0 unspecified atom stereocenters. The fraction of sp³-hybridized carbons (Fsp3) is 0.241. The summed E-state index contributed by atoms with van der Waals surface area (Å²) in [5, 5.41) is 13.6. The molecule has 3 aromatic carbocycles. The lowest BCUT2D eigenvalue weighted by Crippen LogP contribution is -2.21. The molecule has 1 heterocycles. The highest BCUT2D eigenvalue weighted by molar-refractivity contribution is 7.99. The molecule has 0 bridgehead atoms. The Balaban J connectivity index is 1.44. The van der Waals surface area contributed by atoms with E-state index in [0.717, 1.165) is 35.7 Å². The van der Waals surface area contributed by atoms with Crippen molar-refractivity contribution in [3.05, 3.63) is 89.5 Å². The van der Waals surface area contributed by atoms with E-state index in [9.17, 15) is 4.79 Å². The Bertz CT molecular complexity index is 1340. The van der Waals surface area contributed by atoms with Crippen LogP contribution in [0.3, 0.4) is 0 Å². The van der Waals surface area contributed by atoms with Gasteiger partial charge in [-0.05, 0) is 57.5 Å². The van der Waals surface area contributed by atoms with Gasteiger partial charge in [0, 0.05) is 30.0 Å². The number of aryl methyl sites for hydroxylation is 2. The number of amides is 1. The van der Waals surface area contributed by atoms with Crippen LogP contribution in [0.2, 0.25) is 0 Å². The zero-order valence-corrected chi connectivity index (χ0v) is 22.5. The van der Waals surface area contributed by atoms with E-state index >= 15 is 0 Å². The Morgan fingerprint density at radius 2 is 1.54 bits per heavy atom. The van der Waals surface area contributed by atoms with Gasteiger partial charge in [0.1, 0.15) is 0 Å². The lowest BCUT2D eigenvalue weighted by atomic mass is 10.1. The van der Waals surface area contributed by atoms with Gasteiger partial charge < -0.3 is 4.90 Å². The highest BCUT2D eigenvalue weighted by atomic mass is 32.2. The lowest BCUT2D eigenvalue weighted by molar-refractivity contribution is -0.118. The first-order chi connectivity index (χ1) is 18.0. The highest BCUT2D eigenvalue weighted by Gasteiger charge is 2.17. The quantitative estimate of drug-likeness (QED) is 0.169. The normalized spacial score (nSPS) is 11.1. The van der Waals surface area contributed by atoms with Crippen LogP contribution in [0.25, 0.3) is 17.1 Å². The summed E-state index contributed by atoms with van der Waals surface area (Å²) >= 11 is 1.33. The molecule has 0 aliphatic heterocycles. The van der Waals surface area contributed by atoms with Gasteiger partial charge in [0.05, 0.1) is 12.0 Å². The van der Waals surface area contributed by atoms with Gasteiger partial charge in [-0.25, -0.2) is 5.43 Å². The van der Waals surface area contributed by atoms with Crippen molar-refractivity contribution in [3.63, 3.8) is 0 Å². The molecule has 190 valence electrons. The summed E-state index contributed by atoms with van der Waals surface area (Å²) in [4.78, 5) is 14.8. The van der Waals surface area contributed by atoms with Crippen LogP contribution < -0.4 is 10.3 Å². The molecular weight excluding hydrogens is 480 g/mol. The Kier molecular flexibility index (Phi) is 8.74. The Morgan fingerprint density at radius 3 is 2.16 bits per heavy atom. The summed E-state index contributed by atoms with van der Waals surface area (Å²) in [7, 11) is 0. The van der Waals surface area contributed by atoms with Crippen molar-refractivity contribution in [2.24, 2.45) is 5.10 Å². The smallest absolute Gasteiger partial charge is 0.250 e. The van der Waals surface area contributed by atoms with Gasteiger partial charge in [-0.3, -0.25) is 9.36 Å². The molecule has 37 heavy (non-hydrogen) atoms. The number of thioether (sulfide) groups is 1. The standard InChI is InChI=1S/C29H32N6OS/c1-5-34(6-2)25-17-11-23(12-18-25)19-30-31-27(36)20-37-29-33-32-28(24-13-7-21(3)8-14-24)35(29)26-15-9-22(4)10-16-26/h7-19H,5-6,20H2,1-4H3,(H,31,36). The van der Waals surface area contributed by atoms with Crippen LogP contribution in [0.4, 0.5) is 5.69 Å². The van der Waals surface area contributed by atoms with Crippen LogP contribution in [0.15, 0.2) is 83.1 Å². The van der Waals surface area contributed by atoms with Gasteiger partial charge in [0.25, 0.3) is 5.91 Å². The van der Waals surface area contributed by atoms with Gasteiger partial charge in [-0.1, -0.05) is 71.4 Å². The molecule has 0 aliphatic carbocycles. The summed E-state index contributed by atoms with van der Waals surface area (Å²) < 4.78 is 1.99. The summed E-state index contributed by atoms with van der Waals surface area (Å²) in [6, 6.07) is 24.5. The van der Waals surface area contributed by atoms with Crippen molar-refractivity contribution in [1.82, 2.24) is 20.2 Å². The molecule has 4 rings (SSSR count). The zero-order valence-electron chi connectivity index (χ0n) is 21.7. The third-order valence-corrected chi connectivity index (χ3v) is 6.92. The van der Waals surface area contributed by atoms with E-state index in [2.05, 4.69) is 89.7 Å². The van der Waals surface area contributed by atoms with E-state index in [1.54, 1.807) is 6.21 Å². The number of hydrogen-bond donors (Lipinski definition) is 1. The van der Waals surface area contributed by atoms with E-state index < -0.39 is 0 Å². The molecular formula is C29H32N6OS. The number of rotatable bonds is 10. The van der Waals surface area contributed by atoms with Gasteiger partial charge in [0.2, 0.25) is 0 Å². The van der Waals surface area contributed by atoms with Gasteiger partial charge >= 0.3 is 0 Å². The van der Waals surface area contributed by atoms with E-state index in [1.165, 1.54) is 28.6 Å². The van der Waals surface area contributed by atoms with Crippen molar-refractivity contribution in [2.45, 2.75) is 32.9 Å². The zero-order chi connectivity index (χ0) is 26.2. The maximum Gasteiger partial charge on any atom is 0.250 e. The minimum Gasteiger partial charge on any atom is -0.372 e. The number of aromatic nitrogens is 3. The largest absolute Gasteiger partial charge is 0.372 e. The van der Waals surface area contributed by atoms with Crippen LogP contribution in [0.5, 0.6) is 0 Å². The topological polar surface area (TPSA) is 75.4 Å². The van der Waals surface area contributed by atoms with Crippen LogP contribution in [0, 0.1) is 13.8 Å². The molecule has 7 nitrogen and oxygen atoms in total. The number of hydrogen-bond acceptors (Lipinski definition) is 6. The predicted octanol–water partition coefficient (Wildman–Crippen LogP) is 5.64. The molecule has 0 spiro atoms. The van der Waals surface area contributed by atoms with E-state index in [1.807, 2.05) is 41.0 Å². The fourth-order valence-electron chi connectivity index (χ4n) is 3.88. The number of benzene rings is 3. The summed E-state index contributed by atoms with van der Waals surface area (Å²) in [5.41, 5.74) is 8.96. The van der Waals surface area contributed by atoms with Crippen molar-refractivity contribution in [2.75, 3.05) is 23.7 Å². The highest BCUT2D eigenvalue weighted by Crippen LogP contribution is 2.28. The van der Waals surface area contributed by atoms with Crippen molar-refractivity contribution >= 4 is 29.6 Å². The molecule has 8 heteroatoms. The first-order valence-electron chi connectivity index (χ1n) is 12.4. The minimum atomic E-state index is -0.212. The first-order valence-corrected chi connectivity index (χ1v) is 13.4. The first kappa shape index (κ1) is 26.2. The molecule has 4 aromatic rings. The molecule has 1 amide bonds. The summed E-state index contributed by atoms with van der Waals surface area (Å²) in [5.74, 6) is 0.685. The van der Waals surface area contributed by atoms with E-state index in [0.29, 0.717) is 5.16 Å². The maximum absolute atomic E-state index is 12.5. The molecule has 0 atom stereocenters. The summed E-state index contributed by atoms with van der Waals surface area (Å²) in [6.07, 6.45) is 1.65. The molecule has 0 saturated carbocycles. The molecule has 0 saturated heterocycles. The maximum atomic E-state index is 12.5.